The van der Waals surface area contributed by atoms with E-state index in [0.29, 0.717) is 0 Å². The van der Waals surface area contributed by atoms with Crippen molar-refractivity contribution < 1.29 is 0 Å². The second-order valence-electron chi connectivity index (χ2n) is 4.14. The van der Waals surface area contributed by atoms with Crippen LogP contribution in [0.15, 0.2) is 36.9 Å². The molecule has 17 heavy (non-hydrogen) atoms. The molecule has 2 aromatic rings. The first kappa shape index (κ1) is 10.5. The van der Waals surface area contributed by atoms with Gasteiger partial charge < -0.3 is 0 Å². The van der Waals surface area contributed by atoms with Crippen LogP contribution < -0.4 is 0 Å². The Balaban J connectivity index is 2.02. The maximum absolute atomic E-state index is 5.99. The molecular formula is C14H11ClN2. The summed E-state index contributed by atoms with van der Waals surface area (Å²) in [4.78, 5) is 8.04. The number of aromatic nitrogens is 2. The molecule has 0 N–H and O–H groups in total. The summed E-state index contributed by atoms with van der Waals surface area (Å²) in [6.45, 7) is 0. The highest BCUT2D eigenvalue weighted by Crippen LogP contribution is 2.34. The molecule has 0 saturated heterocycles. The summed E-state index contributed by atoms with van der Waals surface area (Å²) in [5.41, 5.74) is 5.02. The zero-order valence-corrected chi connectivity index (χ0v) is 9.98. The van der Waals surface area contributed by atoms with Crippen LogP contribution >= 0.6 is 11.6 Å². The van der Waals surface area contributed by atoms with E-state index >= 15 is 0 Å². The predicted octanol–water partition coefficient (Wildman–Crippen LogP) is 3.62. The molecule has 0 bridgehead atoms. The van der Waals surface area contributed by atoms with E-state index < -0.39 is 0 Å². The van der Waals surface area contributed by atoms with Crippen molar-refractivity contribution in [2.75, 3.05) is 0 Å². The lowest BCUT2D eigenvalue weighted by molar-refractivity contribution is 1.08. The van der Waals surface area contributed by atoms with Crippen molar-refractivity contribution >= 4 is 23.3 Å². The lowest BCUT2D eigenvalue weighted by Crippen LogP contribution is -1.82. The highest BCUT2D eigenvalue weighted by molar-refractivity contribution is 6.30. The predicted molar refractivity (Wildman–Crippen MR) is 69.7 cm³/mol. The fourth-order valence-electron chi connectivity index (χ4n) is 2.22. The third-order valence-electron chi connectivity index (χ3n) is 3.00. The van der Waals surface area contributed by atoms with Gasteiger partial charge in [0, 0.05) is 23.0 Å². The van der Waals surface area contributed by atoms with E-state index in [-0.39, 0.29) is 0 Å². The second-order valence-corrected chi connectivity index (χ2v) is 4.58. The first-order chi connectivity index (χ1) is 8.33. The van der Waals surface area contributed by atoms with Crippen molar-refractivity contribution in [2.24, 2.45) is 0 Å². The maximum atomic E-state index is 5.99. The molecule has 3 heteroatoms. The van der Waals surface area contributed by atoms with Crippen LogP contribution in [0.25, 0.3) is 11.6 Å². The summed E-state index contributed by atoms with van der Waals surface area (Å²) in [5.74, 6) is 0. The second kappa shape index (κ2) is 4.30. The third kappa shape index (κ3) is 2.08. The Labute approximate surface area is 105 Å². The van der Waals surface area contributed by atoms with Crippen LogP contribution in [-0.2, 0) is 6.42 Å². The number of rotatable bonds is 1. The lowest BCUT2D eigenvalue weighted by atomic mass is 10.1. The monoisotopic (exact) mass is 242 g/mol. The van der Waals surface area contributed by atoms with Gasteiger partial charge in [0.05, 0.1) is 0 Å². The topological polar surface area (TPSA) is 25.8 Å². The Bertz CT molecular complexity index is 576. The number of aryl methyl sites for hydroxylation is 1. The van der Waals surface area contributed by atoms with Crippen LogP contribution in [0.2, 0.25) is 5.02 Å². The molecule has 3 rings (SSSR count). The van der Waals surface area contributed by atoms with Crippen LogP contribution in [0.3, 0.4) is 0 Å². The minimum absolute atomic E-state index is 0.813. The first-order valence-corrected chi connectivity index (χ1v) is 5.95. The molecule has 2 nitrogen and oxygen atoms in total. The van der Waals surface area contributed by atoms with Gasteiger partial charge in [0.15, 0.2) is 0 Å². The van der Waals surface area contributed by atoms with Gasteiger partial charge in [0.25, 0.3) is 0 Å². The maximum Gasteiger partial charge on any atom is 0.115 e. The van der Waals surface area contributed by atoms with Crippen LogP contribution in [0.4, 0.5) is 0 Å². The zero-order valence-electron chi connectivity index (χ0n) is 9.23. The van der Waals surface area contributed by atoms with E-state index in [2.05, 4.69) is 28.2 Å². The first-order valence-electron chi connectivity index (χ1n) is 5.57. The third-order valence-corrected chi connectivity index (χ3v) is 3.23. The molecule has 0 spiro atoms. The van der Waals surface area contributed by atoms with Gasteiger partial charge in [0.1, 0.15) is 6.33 Å². The van der Waals surface area contributed by atoms with E-state index in [1.165, 1.54) is 16.7 Å². The zero-order chi connectivity index (χ0) is 11.7. The van der Waals surface area contributed by atoms with Crippen LogP contribution in [0, 0.1) is 0 Å². The fourth-order valence-corrected chi connectivity index (χ4v) is 2.42. The van der Waals surface area contributed by atoms with Gasteiger partial charge in [-0.2, -0.15) is 0 Å². The van der Waals surface area contributed by atoms with Gasteiger partial charge in [0.2, 0.25) is 0 Å². The minimum atomic E-state index is 0.813. The highest BCUT2D eigenvalue weighted by atomic mass is 35.5. The van der Waals surface area contributed by atoms with Crippen molar-refractivity contribution in [3.05, 3.63) is 58.6 Å². The summed E-state index contributed by atoms with van der Waals surface area (Å²) in [6.07, 6.45) is 9.48. The molecule has 0 fully saturated rings. The minimum Gasteiger partial charge on any atom is -0.244 e. The summed E-state index contributed by atoms with van der Waals surface area (Å²) in [7, 11) is 0. The number of hydrogen-bond donors (Lipinski definition) is 0. The Morgan fingerprint density at radius 2 is 1.94 bits per heavy atom. The van der Waals surface area contributed by atoms with Gasteiger partial charge in [-0.05, 0) is 47.8 Å². The SMILES string of the molecule is Clc1ccc2c(c1)CC/C2=C/c1cncnc1. The van der Waals surface area contributed by atoms with E-state index in [0.717, 1.165) is 23.4 Å². The molecule has 1 aliphatic carbocycles. The van der Waals surface area contributed by atoms with Gasteiger partial charge >= 0.3 is 0 Å². The summed E-state index contributed by atoms with van der Waals surface area (Å²) >= 11 is 5.99. The number of benzene rings is 1. The molecule has 84 valence electrons. The van der Waals surface area contributed by atoms with Gasteiger partial charge in [-0.15, -0.1) is 0 Å². The van der Waals surface area contributed by atoms with Gasteiger partial charge in [-0.25, -0.2) is 9.97 Å². The molecule has 0 amide bonds. The van der Waals surface area contributed by atoms with Crippen molar-refractivity contribution in [2.45, 2.75) is 12.8 Å². The Morgan fingerprint density at radius 3 is 2.76 bits per heavy atom. The standard InChI is InChI=1S/C14H11ClN2/c15-13-3-4-14-11(1-2-12(14)6-13)5-10-7-16-9-17-8-10/h3-9H,1-2H2/b11-5-. The number of allylic oxidation sites excluding steroid dienone is 1. The lowest BCUT2D eigenvalue weighted by Gasteiger charge is -2.01. The molecule has 1 heterocycles. The molecular weight excluding hydrogens is 232 g/mol. The Kier molecular flexibility index (Phi) is 2.65. The molecule has 1 aromatic carbocycles. The van der Waals surface area contributed by atoms with E-state index in [4.69, 9.17) is 11.6 Å². The van der Waals surface area contributed by atoms with Crippen molar-refractivity contribution in [1.82, 2.24) is 9.97 Å². The molecule has 1 aromatic heterocycles. The largest absolute Gasteiger partial charge is 0.244 e. The molecule has 0 saturated carbocycles. The highest BCUT2D eigenvalue weighted by Gasteiger charge is 2.15. The van der Waals surface area contributed by atoms with E-state index in [1.54, 1.807) is 6.33 Å². The Morgan fingerprint density at radius 1 is 1.12 bits per heavy atom. The average molecular weight is 243 g/mol. The van der Waals surface area contributed by atoms with Crippen molar-refractivity contribution in [3.8, 4) is 0 Å². The van der Waals surface area contributed by atoms with Crippen LogP contribution in [-0.4, -0.2) is 9.97 Å². The van der Waals surface area contributed by atoms with E-state index in [1.807, 2.05) is 18.5 Å². The molecule has 0 aliphatic heterocycles. The van der Waals surface area contributed by atoms with Crippen LogP contribution in [0.5, 0.6) is 0 Å². The number of halogens is 1. The summed E-state index contributed by atoms with van der Waals surface area (Å²) < 4.78 is 0. The van der Waals surface area contributed by atoms with Gasteiger partial charge in [-0.3, -0.25) is 0 Å². The van der Waals surface area contributed by atoms with Crippen LogP contribution in [0.1, 0.15) is 23.1 Å². The smallest absolute Gasteiger partial charge is 0.115 e. The fraction of sp³-hybridized carbons (Fsp3) is 0.143. The number of fused-ring (bicyclic) bond motifs is 1. The van der Waals surface area contributed by atoms with E-state index in [9.17, 15) is 0 Å². The average Bonchev–Trinajstić information content (AvgIpc) is 2.73. The summed E-state index contributed by atoms with van der Waals surface area (Å²) in [5, 5.41) is 0.813. The number of hydrogen-bond acceptors (Lipinski definition) is 2. The summed E-state index contributed by atoms with van der Waals surface area (Å²) in [6, 6.07) is 6.10. The molecule has 0 atom stereocenters. The molecule has 0 radical (unpaired) electrons. The Hall–Kier alpha value is -1.67. The quantitative estimate of drug-likeness (QED) is 0.763. The normalized spacial score (nSPS) is 16.2. The number of nitrogens with zero attached hydrogens (tertiary/aromatic N) is 2. The van der Waals surface area contributed by atoms with Gasteiger partial charge in [-0.1, -0.05) is 17.7 Å². The molecule has 0 unspecified atom stereocenters. The molecule has 1 aliphatic rings. The van der Waals surface area contributed by atoms with Crippen molar-refractivity contribution in [3.63, 3.8) is 0 Å². The van der Waals surface area contributed by atoms with Crippen molar-refractivity contribution in [1.29, 1.82) is 0 Å².